The maximum atomic E-state index is 13.2. The van der Waals surface area contributed by atoms with Crippen molar-refractivity contribution in [3.63, 3.8) is 0 Å². The van der Waals surface area contributed by atoms with Gasteiger partial charge in [-0.1, -0.05) is 12.1 Å². The Morgan fingerprint density at radius 2 is 1.81 bits per heavy atom. The van der Waals surface area contributed by atoms with Gasteiger partial charge in [-0.3, -0.25) is 18.9 Å². The minimum atomic E-state index is -0.487. The molecule has 26 heavy (non-hydrogen) atoms. The van der Waals surface area contributed by atoms with E-state index in [4.69, 9.17) is 0 Å². The van der Waals surface area contributed by atoms with Crippen LogP contribution < -0.4 is 16.1 Å². The minimum Gasteiger partial charge on any atom is -0.342 e. The fourth-order valence-corrected chi connectivity index (χ4v) is 3.48. The summed E-state index contributed by atoms with van der Waals surface area (Å²) >= 11 is 0. The molecule has 7 nitrogen and oxygen atoms in total. The van der Waals surface area contributed by atoms with Crippen LogP contribution in [-0.2, 0) is 13.6 Å². The maximum absolute atomic E-state index is 13.2. The highest BCUT2D eigenvalue weighted by molar-refractivity contribution is 5.74. The van der Waals surface area contributed by atoms with Gasteiger partial charge in [0.05, 0.1) is 6.54 Å². The number of H-pyrrole nitrogens is 1. The van der Waals surface area contributed by atoms with Crippen LogP contribution in [-0.4, -0.2) is 32.2 Å². The van der Waals surface area contributed by atoms with Crippen LogP contribution in [0.4, 0.5) is 10.3 Å². The summed E-state index contributed by atoms with van der Waals surface area (Å²) in [6.45, 7) is 2.10. The average Bonchev–Trinajstić information content (AvgIpc) is 3.02. The molecular formula is C18H20FN5O2. The first-order valence-electron chi connectivity index (χ1n) is 8.73. The summed E-state index contributed by atoms with van der Waals surface area (Å²) in [5.41, 5.74) is 0.635. The van der Waals surface area contributed by atoms with Crippen LogP contribution in [0.15, 0.2) is 33.9 Å². The molecule has 0 aliphatic carbocycles. The van der Waals surface area contributed by atoms with Gasteiger partial charge in [0.2, 0.25) is 5.95 Å². The molecule has 136 valence electrons. The number of imidazole rings is 1. The van der Waals surface area contributed by atoms with Crippen molar-refractivity contribution in [3.8, 4) is 0 Å². The number of fused-ring (bicyclic) bond motifs is 1. The van der Waals surface area contributed by atoms with E-state index in [-0.39, 0.29) is 5.82 Å². The Bertz CT molecular complexity index is 1060. The first-order chi connectivity index (χ1) is 12.5. The van der Waals surface area contributed by atoms with Gasteiger partial charge in [0.1, 0.15) is 5.82 Å². The monoisotopic (exact) mass is 357 g/mol. The molecule has 1 N–H and O–H groups in total. The van der Waals surface area contributed by atoms with Crippen LogP contribution in [0, 0.1) is 5.82 Å². The SMILES string of the molecule is Cn1c(=O)[nH]c(=O)c2c1nc(N1CCCCC1)n2Cc1ccc(F)cc1. The first-order valence-corrected chi connectivity index (χ1v) is 8.73. The van der Waals surface area contributed by atoms with Crippen molar-refractivity contribution in [2.45, 2.75) is 25.8 Å². The lowest BCUT2D eigenvalue weighted by molar-refractivity contribution is 0.560. The molecule has 3 heterocycles. The van der Waals surface area contributed by atoms with Gasteiger partial charge in [0.25, 0.3) is 5.56 Å². The van der Waals surface area contributed by atoms with Crippen LogP contribution >= 0.6 is 0 Å². The van der Waals surface area contributed by atoms with Gasteiger partial charge in [-0.2, -0.15) is 4.98 Å². The molecule has 0 bridgehead atoms. The van der Waals surface area contributed by atoms with Crippen LogP contribution in [0.5, 0.6) is 0 Å². The topological polar surface area (TPSA) is 75.9 Å². The molecule has 1 saturated heterocycles. The van der Waals surface area contributed by atoms with Crippen molar-refractivity contribution in [1.82, 2.24) is 19.1 Å². The lowest BCUT2D eigenvalue weighted by Gasteiger charge is -2.28. The standard InChI is InChI=1S/C18H20FN5O2/c1-22-15-14(16(25)21-18(22)26)24(11-12-5-7-13(19)8-6-12)17(20-15)23-9-3-2-4-10-23/h5-8H,2-4,9-11H2,1H3,(H,21,25,26). The van der Waals surface area contributed by atoms with Crippen molar-refractivity contribution in [1.29, 1.82) is 0 Å². The van der Waals surface area contributed by atoms with Crippen molar-refractivity contribution < 1.29 is 4.39 Å². The van der Waals surface area contributed by atoms with E-state index in [0.717, 1.165) is 31.5 Å². The summed E-state index contributed by atoms with van der Waals surface area (Å²) in [5, 5.41) is 0. The summed E-state index contributed by atoms with van der Waals surface area (Å²) in [6, 6.07) is 6.18. The largest absolute Gasteiger partial charge is 0.342 e. The zero-order valence-corrected chi connectivity index (χ0v) is 14.5. The quantitative estimate of drug-likeness (QED) is 0.773. The molecule has 1 aliphatic heterocycles. The number of rotatable bonds is 3. The van der Waals surface area contributed by atoms with E-state index in [9.17, 15) is 14.0 Å². The number of nitrogens with zero attached hydrogens (tertiary/aromatic N) is 4. The summed E-state index contributed by atoms with van der Waals surface area (Å²) in [4.78, 5) is 33.6. The number of halogens is 1. The minimum absolute atomic E-state index is 0.305. The Morgan fingerprint density at radius 3 is 2.50 bits per heavy atom. The van der Waals surface area contributed by atoms with Crippen molar-refractivity contribution in [3.05, 3.63) is 56.5 Å². The molecule has 0 saturated carbocycles. The zero-order valence-electron chi connectivity index (χ0n) is 14.5. The van der Waals surface area contributed by atoms with Gasteiger partial charge in [-0.05, 0) is 37.0 Å². The van der Waals surface area contributed by atoms with E-state index in [2.05, 4.69) is 14.9 Å². The first kappa shape index (κ1) is 16.6. The number of piperidine rings is 1. The average molecular weight is 357 g/mol. The Morgan fingerprint density at radius 1 is 1.12 bits per heavy atom. The maximum Gasteiger partial charge on any atom is 0.329 e. The van der Waals surface area contributed by atoms with Gasteiger partial charge in [-0.25, -0.2) is 9.18 Å². The van der Waals surface area contributed by atoms with Crippen LogP contribution in [0.3, 0.4) is 0 Å². The third-order valence-corrected chi connectivity index (χ3v) is 4.88. The number of nitrogens with one attached hydrogen (secondary N) is 1. The molecule has 0 atom stereocenters. The van der Waals surface area contributed by atoms with E-state index >= 15 is 0 Å². The number of anilines is 1. The number of benzene rings is 1. The normalized spacial score (nSPS) is 14.9. The highest BCUT2D eigenvalue weighted by Crippen LogP contribution is 2.24. The molecule has 1 aliphatic rings. The van der Waals surface area contributed by atoms with E-state index in [1.165, 1.54) is 23.1 Å². The Balaban J connectivity index is 1.91. The zero-order chi connectivity index (χ0) is 18.3. The highest BCUT2D eigenvalue weighted by atomic mass is 19.1. The molecule has 1 aromatic carbocycles. The molecule has 3 aromatic rings. The lowest BCUT2D eigenvalue weighted by Crippen LogP contribution is -2.32. The number of hydrogen-bond donors (Lipinski definition) is 1. The molecule has 0 radical (unpaired) electrons. The highest BCUT2D eigenvalue weighted by Gasteiger charge is 2.22. The molecule has 0 spiro atoms. The summed E-state index contributed by atoms with van der Waals surface area (Å²) in [6.07, 6.45) is 3.30. The third-order valence-electron chi connectivity index (χ3n) is 4.88. The summed E-state index contributed by atoms with van der Waals surface area (Å²) < 4.78 is 16.4. The van der Waals surface area contributed by atoms with E-state index in [0.29, 0.717) is 23.7 Å². The van der Waals surface area contributed by atoms with Gasteiger partial charge in [0.15, 0.2) is 11.2 Å². The number of aromatic amines is 1. The smallest absolute Gasteiger partial charge is 0.329 e. The lowest BCUT2D eigenvalue weighted by atomic mass is 10.1. The Kier molecular flexibility index (Phi) is 4.10. The van der Waals surface area contributed by atoms with Crippen LogP contribution in [0.2, 0.25) is 0 Å². The van der Waals surface area contributed by atoms with Crippen molar-refractivity contribution in [2.24, 2.45) is 7.05 Å². The molecule has 4 rings (SSSR count). The predicted octanol–water partition coefficient (Wildman–Crippen LogP) is 1.60. The van der Waals surface area contributed by atoms with Gasteiger partial charge in [0, 0.05) is 20.1 Å². The van der Waals surface area contributed by atoms with Gasteiger partial charge < -0.3 is 4.90 Å². The molecular weight excluding hydrogens is 337 g/mol. The fraction of sp³-hybridized carbons (Fsp3) is 0.389. The second kappa shape index (κ2) is 6.44. The van der Waals surface area contributed by atoms with Crippen molar-refractivity contribution in [2.75, 3.05) is 18.0 Å². The number of aromatic nitrogens is 4. The van der Waals surface area contributed by atoms with E-state index in [1.54, 1.807) is 19.2 Å². The van der Waals surface area contributed by atoms with E-state index < -0.39 is 11.2 Å². The second-order valence-corrected chi connectivity index (χ2v) is 6.66. The van der Waals surface area contributed by atoms with Gasteiger partial charge >= 0.3 is 5.69 Å². The number of hydrogen-bond acceptors (Lipinski definition) is 4. The molecule has 0 unspecified atom stereocenters. The molecule has 1 fully saturated rings. The molecule has 8 heteroatoms. The fourth-order valence-electron chi connectivity index (χ4n) is 3.48. The van der Waals surface area contributed by atoms with Crippen molar-refractivity contribution >= 4 is 17.1 Å². The molecule has 0 amide bonds. The summed E-state index contributed by atoms with van der Waals surface area (Å²) in [7, 11) is 1.59. The second-order valence-electron chi connectivity index (χ2n) is 6.66. The summed E-state index contributed by atoms with van der Waals surface area (Å²) in [5.74, 6) is 0.372. The molecule has 2 aromatic heterocycles. The Hall–Kier alpha value is -2.90. The third kappa shape index (κ3) is 2.81. The number of aryl methyl sites for hydroxylation is 1. The predicted molar refractivity (Wildman–Crippen MR) is 97.2 cm³/mol. The van der Waals surface area contributed by atoms with Crippen LogP contribution in [0.1, 0.15) is 24.8 Å². The van der Waals surface area contributed by atoms with E-state index in [1.807, 2.05) is 4.57 Å². The van der Waals surface area contributed by atoms with Gasteiger partial charge in [-0.15, -0.1) is 0 Å². The Labute approximate surface area is 148 Å². The van der Waals surface area contributed by atoms with Crippen LogP contribution in [0.25, 0.3) is 11.2 Å².